The zero-order chi connectivity index (χ0) is 21.0. The number of benzene rings is 3. The number of hydrogen-bond acceptors (Lipinski definition) is 4. The number of amides is 1. The lowest BCUT2D eigenvalue weighted by molar-refractivity contribution is 0.102. The lowest BCUT2D eigenvalue weighted by Crippen LogP contribution is -2.23. The van der Waals surface area contributed by atoms with E-state index in [4.69, 9.17) is 16.3 Å². The van der Waals surface area contributed by atoms with Crippen LogP contribution in [0.25, 0.3) is 0 Å². The molecule has 1 N–H and O–H groups in total. The monoisotopic (exact) mass is 430 g/mol. The summed E-state index contributed by atoms with van der Waals surface area (Å²) < 4.78 is 31.7. The molecule has 0 aliphatic rings. The molecule has 0 aliphatic heterocycles. The second kappa shape index (κ2) is 8.65. The Morgan fingerprint density at radius 3 is 2.31 bits per heavy atom. The van der Waals surface area contributed by atoms with Gasteiger partial charge >= 0.3 is 0 Å². The van der Waals surface area contributed by atoms with Crippen molar-refractivity contribution in [2.75, 3.05) is 19.4 Å². The molecule has 0 saturated carbocycles. The highest BCUT2D eigenvalue weighted by Crippen LogP contribution is 2.30. The largest absolute Gasteiger partial charge is 0.455 e. The fourth-order valence-electron chi connectivity index (χ4n) is 2.51. The standard InChI is InChI=1S/C21H19ClN2O4S/c1-24(2)29(26,27)20-14-15(12-13-17(20)22)21(25)23-18-10-6-7-11-19(18)28-16-8-4-3-5-9-16/h3-14H,1-2H3,(H,23,25). The van der Waals surface area contributed by atoms with E-state index in [2.05, 4.69) is 5.32 Å². The molecule has 0 unspecified atom stereocenters. The number of para-hydroxylation sites is 3. The van der Waals surface area contributed by atoms with Crippen molar-refractivity contribution in [2.45, 2.75) is 4.90 Å². The normalized spacial score (nSPS) is 11.3. The minimum absolute atomic E-state index is 0.0445. The van der Waals surface area contributed by atoms with Gasteiger partial charge in [-0.05, 0) is 42.5 Å². The van der Waals surface area contributed by atoms with E-state index in [0.717, 1.165) is 4.31 Å². The third-order valence-electron chi connectivity index (χ3n) is 4.06. The molecular formula is C21H19ClN2O4S. The molecule has 6 nitrogen and oxygen atoms in total. The van der Waals surface area contributed by atoms with Crippen molar-refractivity contribution < 1.29 is 17.9 Å². The van der Waals surface area contributed by atoms with Gasteiger partial charge in [-0.2, -0.15) is 0 Å². The summed E-state index contributed by atoms with van der Waals surface area (Å²) in [6.07, 6.45) is 0. The van der Waals surface area contributed by atoms with Crippen LogP contribution >= 0.6 is 11.6 Å². The summed E-state index contributed by atoms with van der Waals surface area (Å²) in [4.78, 5) is 12.6. The van der Waals surface area contributed by atoms with Crippen molar-refractivity contribution in [3.05, 3.63) is 83.4 Å². The summed E-state index contributed by atoms with van der Waals surface area (Å²) in [5, 5.41) is 2.80. The van der Waals surface area contributed by atoms with Gasteiger partial charge in [0, 0.05) is 19.7 Å². The average molecular weight is 431 g/mol. The van der Waals surface area contributed by atoms with E-state index in [9.17, 15) is 13.2 Å². The fraction of sp³-hybridized carbons (Fsp3) is 0.0952. The Labute approximate surface area is 174 Å². The van der Waals surface area contributed by atoms with Gasteiger partial charge in [-0.3, -0.25) is 4.79 Å². The maximum absolute atomic E-state index is 12.8. The molecule has 29 heavy (non-hydrogen) atoms. The maximum atomic E-state index is 12.8. The number of nitrogens with zero attached hydrogens (tertiary/aromatic N) is 1. The minimum atomic E-state index is -3.79. The number of hydrogen-bond donors (Lipinski definition) is 1. The molecule has 3 aromatic rings. The van der Waals surface area contributed by atoms with Crippen molar-refractivity contribution >= 4 is 33.2 Å². The first kappa shape index (κ1) is 20.9. The Balaban J connectivity index is 1.88. The number of carbonyl (C=O) groups is 1. The first-order valence-corrected chi connectivity index (χ1v) is 10.5. The van der Waals surface area contributed by atoms with Crippen LogP contribution in [0.4, 0.5) is 5.69 Å². The molecule has 0 atom stereocenters. The van der Waals surface area contributed by atoms with E-state index in [1.807, 2.05) is 18.2 Å². The van der Waals surface area contributed by atoms with Gasteiger partial charge < -0.3 is 10.1 Å². The summed E-state index contributed by atoms with van der Waals surface area (Å²) >= 11 is 6.05. The van der Waals surface area contributed by atoms with Crippen molar-refractivity contribution in [3.8, 4) is 11.5 Å². The Morgan fingerprint density at radius 1 is 0.966 bits per heavy atom. The molecule has 1 amide bonds. The van der Waals surface area contributed by atoms with Crippen LogP contribution in [0, 0.1) is 0 Å². The highest BCUT2D eigenvalue weighted by atomic mass is 35.5. The number of nitrogens with one attached hydrogen (secondary N) is 1. The van der Waals surface area contributed by atoms with Crippen molar-refractivity contribution in [3.63, 3.8) is 0 Å². The Hall–Kier alpha value is -2.87. The molecule has 0 fully saturated rings. The van der Waals surface area contributed by atoms with Crippen LogP contribution in [0.2, 0.25) is 5.02 Å². The summed E-state index contributed by atoms with van der Waals surface area (Å²) in [5.74, 6) is 0.600. The molecular weight excluding hydrogens is 412 g/mol. The second-order valence-electron chi connectivity index (χ2n) is 6.30. The van der Waals surface area contributed by atoms with Crippen LogP contribution in [0.15, 0.2) is 77.7 Å². The van der Waals surface area contributed by atoms with E-state index >= 15 is 0 Å². The topological polar surface area (TPSA) is 75.7 Å². The van der Waals surface area contributed by atoms with E-state index < -0.39 is 15.9 Å². The van der Waals surface area contributed by atoms with Gasteiger partial charge in [0.2, 0.25) is 10.0 Å². The molecule has 150 valence electrons. The van der Waals surface area contributed by atoms with Crippen molar-refractivity contribution in [2.24, 2.45) is 0 Å². The number of ether oxygens (including phenoxy) is 1. The van der Waals surface area contributed by atoms with Gasteiger partial charge in [-0.25, -0.2) is 12.7 Å². The molecule has 0 heterocycles. The average Bonchev–Trinajstić information content (AvgIpc) is 2.70. The van der Waals surface area contributed by atoms with E-state index in [0.29, 0.717) is 17.2 Å². The highest BCUT2D eigenvalue weighted by Gasteiger charge is 2.22. The van der Waals surface area contributed by atoms with Crippen molar-refractivity contribution in [1.82, 2.24) is 4.31 Å². The zero-order valence-corrected chi connectivity index (χ0v) is 17.4. The van der Waals surface area contributed by atoms with Gasteiger partial charge in [0.25, 0.3) is 5.91 Å². The smallest absolute Gasteiger partial charge is 0.255 e. The summed E-state index contributed by atoms with van der Waals surface area (Å²) in [6.45, 7) is 0. The summed E-state index contributed by atoms with van der Waals surface area (Å²) in [6, 6.07) is 20.3. The Morgan fingerprint density at radius 2 is 1.62 bits per heavy atom. The molecule has 0 radical (unpaired) electrons. The molecule has 8 heteroatoms. The lowest BCUT2D eigenvalue weighted by Gasteiger charge is -2.15. The molecule has 0 aromatic heterocycles. The Kier molecular flexibility index (Phi) is 6.22. The quantitative estimate of drug-likeness (QED) is 0.618. The molecule has 0 bridgehead atoms. The number of carbonyl (C=O) groups excluding carboxylic acids is 1. The molecule has 0 saturated heterocycles. The van der Waals surface area contributed by atoms with E-state index in [1.54, 1.807) is 36.4 Å². The molecule has 3 aromatic carbocycles. The van der Waals surface area contributed by atoms with E-state index in [-0.39, 0.29) is 15.5 Å². The van der Waals surface area contributed by atoms with Crippen LogP contribution in [-0.4, -0.2) is 32.7 Å². The predicted octanol–water partition coefficient (Wildman–Crippen LogP) is 4.63. The van der Waals surface area contributed by atoms with Crippen LogP contribution in [0.1, 0.15) is 10.4 Å². The van der Waals surface area contributed by atoms with Gasteiger partial charge in [-0.1, -0.05) is 41.9 Å². The summed E-state index contributed by atoms with van der Waals surface area (Å²) in [5.41, 5.74) is 0.609. The number of rotatable bonds is 6. The third-order valence-corrected chi connectivity index (χ3v) is 6.35. The van der Waals surface area contributed by atoms with Gasteiger partial charge in [0.05, 0.1) is 10.7 Å². The minimum Gasteiger partial charge on any atom is -0.455 e. The van der Waals surface area contributed by atoms with Gasteiger partial charge in [-0.15, -0.1) is 0 Å². The van der Waals surface area contributed by atoms with E-state index in [1.165, 1.54) is 32.3 Å². The number of anilines is 1. The summed E-state index contributed by atoms with van der Waals surface area (Å²) in [7, 11) is -0.992. The van der Waals surface area contributed by atoms with Crippen LogP contribution in [-0.2, 0) is 10.0 Å². The van der Waals surface area contributed by atoms with Crippen LogP contribution < -0.4 is 10.1 Å². The maximum Gasteiger partial charge on any atom is 0.255 e. The Bertz CT molecular complexity index is 1130. The lowest BCUT2D eigenvalue weighted by atomic mass is 10.2. The number of halogens is 1. The van der Waals surface area contributed by atoms with Gasteiger partial charge in [0.15, 0.2) is 5.75 Å². The van der Waals surface area contributed by atoms with Gasteiger partial charge in [0.1, 0.15) is 10.6 Å². The first-order valence-electron chi connectivity index (χ1n) is 8.64. The third kappa shape index (κ3) is 4.76. The zero-order valence-electron chi connectivity index (χ0n) is 15.8. The SMILES string of the molecule is CN(C)S(=O)(=O)c1cc(C(=O)Nc2ccccc2Oc2ccccc2)ccc1Cl. The molecule has 3 rings (SSSR count). The highest BCUT2D eigenvalue weighted by molar-refractivity contribution is 7.89. The van der Waals surface area contributed by atoms with Crippen molar-refractivity contribution in [1.29, 1.82) is 0 Å². The first-order chi connectivity index (χ1) is 13.8. The fourth-order valence-corrected chi connectivity index (χ4v) is 3.90. The van der Waals surface area contributed by atoms with Crippen LogP contribution in [0.3, 0.4) is 0 Å². The number of sulfonamides is 1. The molecule has 0 aliphatic carbocycles. The molecule has 0 spiro atoms. The second-order valence-corrected chi connectivity index (χ2v) is 8.83. The predicted molar refractivity (Wildman–Crippen MR) is 113 cm³/mol. The van der Waals surface area contributed by atoms with Crippen LogP contribution in [0.5, 0.6) is 11.5 Å².